The normalized spacial score (nSPS) is 26.5. The lowest BCUT2D eigenvalue weighted by molar-refractivity contribution is 0.247. The van der Waals surface area contributed by atoms with Crippen molar-refractivity contribution in [3.8, 4) is 0 Å². The molecule has 23 heavy (non-hydrogen) atoms. The van der Waals surface area contributed by atoms with Crippen LogP contribution in [0.15, 0.2) is 41.5 Å². The van der Waals surface area contributed by atoms with Gasteiger partial charge in [0, 0.05) is 36.4 Å². The summed E-state index contributed by atoms with van der Waals surface area (Å²) >= 11 is 1.89. The summed E-state index contributed by atoms with van der Waals surface area (Å²) in [5.41, 5.74) is 3.68. The molecule has 2 aromatic heterocycles. The molecule has 2 aliphatic heterocycles. The third-order valence-electron chi connectivity index (χ3n) is 5.04. The quantitative estimate of drug-likeness (QED) is 0.862. The molecule has 1 fully saturated rings. The maximum atomic E-state index is 5.06. The molecule has 5 heteroatoms. The number of aryl methyl sites for hydroxylation is 1. The van der Waals surface area contributed by atoms with Gasteiger partial charge in [-0.3, -0.25) is 9.98 Å². The van der Waals surface area contributed by atoms with Crippen LogP contribution in [0.1, 0.15) is 42.5 Å². The Bertz CT molecular complexity index is 737. The predicted molar refractivity (Wildman–Crippen MR) is 95.7 cm³/mol. The van der Waals surface area contributed by atoms with Gasteiger partial charge in [-0.2, -0.15) is 0 Å². The minimum Gasteiger partial charge on any atom is -0.350 e. The van der Waals surface area contributed by atoms with E-state index in [9.17, 15) is 0 Å². The lowest BCUT2D eigenvalue weighted by atomic mass is 9.99. The molecular weight excluding hydrogens is 304 g/mol. The maximum absolute atomic E-state index is 5.06. The van der Waals surface area contributed by atoms with Crippen LogP contribution >= 0.6 is 11.8 Å². The smallest absolute Gasteiger partial charge is 0.160 e. The van der Waals surface area contributed by atoms with Crippen LogP contribution in [0.2, 0.25) is 0 Å². The molecule has 4 heterocycles. The number of rotatable bonds is 3. The molecule has 2 aromatic rings. The fourth-order valence-electron chi connectivity index (χ4n) is 3.60. The zero-order valence-corrected chi connectivity index (χ0v) is 14.6. The van der Waals surface area contributed by atoms with Crippen molar-refractivity contribution in [3.63, 3.8) is 0 Å². The molecule has 4 nitrogen and oxygen atoms in total. The number of fused-ring (bicyclic) bond motifs is 1. The first-order valence-electron chi connectivity index (χ1n) is 8.22. The Morgan fingerprint density at radius 2 is 2.13 bits per heavy atom. The van der Waals surface area contributed by atoms with Gasteiger partial charge >= 0.3 is 0 Å². The number of thioether (sulfide) groups is 1. The molecule has 1 saturated heterocycles. The van der Waals surface area contributed by atoms with Crippen molar-refractivity contribution < 1.29 is 0 Å². The molecule has 0 saturated carbocycles. The second-order valence-corrected chi connectivity index (χ2v) is 7.28. The predicted octanol–water partition coefficient (Wildman–Crippen LogP) is 3.71. The fraction of sp³-hybridized carbons (Fsp3) is 0.444. The Morgan fingerprint density at radius 1 is 1.26 bits per heavy atom. The van der Waals surface area contributed by atoms with E-state index in [2.05, 4.69) is 59.6 Å². The zero-order chi connectivity index (χ0) is 16.0. The van der Waals surface area contributed by atoms with E-state index in [1.165, 1.54) is 16.6 Å². The molecule has 0 N–H and O–H groups in total. The molecule has 0 aliphatic carbocycles. The number of aromatic nitrogens is 2. The Hall–Kier alpha value is -1.75. The van der Waals surface area contributed by atoms with Gasteiger partial charge < -0.3 is 9.47 Å². The van der Waals surface area contributed by atoms with E-state index in [1.54, 1.807) is 0 Å². The number of nitrogens with zero attached hydrogens (tertiary/aromatic N) is 4. The van der Waals surface area contributed by atoms with Crippen LogP contribution in [0, 0.1) is 6.92 Å². The molecule has 0 spiro atoms. The van der Waals surface area contributed by atoms with Crippen molar-refractivity contribution in [2.75, 3.05) is 5.75 Å². The van der Waals surface area contributed by atoms with E-state index in [1.807, 2.05) is 24.0 Å². The summed E-state index contributed by atoms with van der Waals surface area (Å²) in [5, 5.41) is 1.19. The third-order valence-corrected chi connectivity index (χ3v) is 6.17. The summed E-state index contributed by atoms with van der Waals surface area (Å²) < 4.78 is 2.30. The largest absolute Gasteiger partial charge is 0.350 e. The summed E-state index contributed by atoms with van der Waals surface area (Å²) in [6, 6.07) is 11.5. The highest BCUT2D eigenvalue weighted by atomic mass is 32.2. The van der Waals surface area contributed by atoms with Crippen molar-refractivity contribution in [1.82, 2.24) is 14.5 Å². The van der Waals surface area contributed by atoms with E-state index >= 15 is 0 Å². The van der Waals surface area contributed by atoms with Crippen LogP contribution in [0.3, 0.4) is 0 Å². The molecule has 0 radical (unpaired) electrons. The summed E-state index contributed by atoms with van der Waals surface area (Å²) in [7, 11) is 2.16. The summed E-state index contributed by atoms with van der Waals surface area (Å²) in [6.45, 7) is 4.43. The van der Waals surface area contributed by atoms with Gasteiger partial charge in [0.2, 0.25) is 0 Å². The van der Waals surface area contributed by atoms with Crippen LogP contribution < -0.4 is 0 Å². The van der Waals surface area contributed by atoms with Gasteiger partial charge in [-0.1, -0.05) is 24.8 Å². The number of amidine groups is 1. The van der Waals surface area contributed by atoms with E-state index in [-0.39, 0.29) is 12.1 Å². The Balaban J connectivity index is 1.82. The SMILES string of the molecule is CC[C@@H]1CSC2=N[C@@H](c3ccccn3)[C@@H](c3ccc(C)n3C)N21. The van der Waals surface area contributed by atoms with Gasteiger partial charge in [0.1, 0.15) is 6.04 Å². The van der Waals surface area contributed by atoms with Crippen LogP contribution in [0.5, 0.6) is 0 Å². The number of hydrogen-bond acceptors (Lipinski definition) is 4. The van der Waals surface area contributed by atoms with E-state index in [0.29, 0.717) is 6.04 Å². The lowest BCUT2D eigenvalue weighted by Crippen LogP contribution is -2.36. The van der Waals surface area contributed by atoms with Gasteiger partial charge in [-0.05, 0) is 37.6 Å². The van der Waals surface area contributed by atoms with Gasteiger partial charge in [0.05, 0.1) is 11.7 Å². The molecule has 4 rings (SSSR count). The topological polar surface area (TPSA) is 33.4 Å². The summed E-state index contributed by atoms with van der Waals surface area (Å²) in [4.78, 5) is 12.2. The highest BCUT2D eigenvalue weighted by Gasteiger charge is 2.46. The monoisotopic (exact) mass is 326 g/mol. The van der Waals surface area contributed by atoms with Crippen molar-refractivity contribution in [2.45, 2.75) is 38.4 Å². The first-order valence-corrected chi connectivity index (χ1v) is 9.21. The van der Waals surface area contributed by atoms with Gasteiger partial charge in [-0.15, -0.1) is 0 Å². The number of aliphatic imine (C=N–C) groups is 1. The second-order valence-electron chi connectivity index (χ2n) is 6.29. The Kier molecular flexibility index (Phi) is 3.68. The minimum absolute atomic E-state index is 0.0843. The van der Waals surface area contributed by atoms with Crippen molar-refractivity contribution in [2.24, 2.45) is 12.0 Å². The second kappa shape index (κ2) is 5.71. The van der Waals surface area contributed by atoms with Gasteiger partial charge in [0.25, 0.3) is 0 Å². The highest BCUT2D eigenvalue weighted by Crippen LogP contribution is 2.48. The Morgan fingerprint density at radius 3 is 2.78 bits per heavy atom. The fourth-order valence-corrected chi connectivity index (χ4v) is 4.94. The molecule has 120 valence electrons. The number of hydrogen-bond donors (Lipinski definition) is 0. The summed E-state index contributed by atoms with van der Waals surface area (Å²) in [6.07, 6.45) is 3.03. The molecule has 0 amide bonds. The molecule has 0 bridgehead atoms. The standard InChI is InChI=1S/C18H22N4S/c1-4-13-11-23-18-20-16(14-7-5-6-10-19-14)17(22(13)18)15-9-8-12(2)21(15)3/h5-10,13,16-17H,4,11H2,1-3H3/t13-,16+,17-/m1/s1. The molecule has 0 aromatic carbocycles. The van der Waals surface area contributed by atoms with Crippen LogP contribution in [0.4, 0.5) is 0 Å². The van der Waals surface area contributed by atoms with E-state index < -0.39 is 0 Å². The summed E-state index contributed by atoms with van der Waals surface area (Å²) in [5.74, 6) is 1.14. The Labute approximate surface area is 141 Å². The van der Waals surface area contributed by atoms with Crippen molar-refractivity contribution in [3.05, 3.63) is 53.6 Å². The molecular formula is C18H22N4S. The molecule has 3 atom stereocenters. The lowest BCUT2D eigenvalue weighted by Gasteiger charge is -2.32. The van der Waals surface area contributed by atoms with Gasteiger partial charge in [0.15, 0.2) is 5.17 Å². The molecule has 2 aliphatic rings. The average Bonchev–Trinajstić information content (AvgIpc) is 3.23. The first kappa shape index (κ1) is 14.8. The molecule has 0 unspecified atom stereocenters. The van der Waals surface area contributed by atoms with E-state index in [0.717, 1.165) is 17.9 Å². The van der Waals surface area contributed by atoms with E-state index in [4.69, 9.17) is 4.99 Å². The van der Waals surface area contributed by atoms with Crippen LogP contribution in [-0.4, -0.2) is 31.4 Å². The minimum atomic E-state index is 0.0843. The van der Waals surface area contributed by atoms with Crippen LogP contribution in [-0.2, 0) is 7.05 Å². The maximum Gasteiger partial charge on any atom is 0.160 e. The third kappa shape index (κ3) is 2.29. The first-order chi connectivity index (χ1) is 11.2. The van der Waals surface area contributed by atoms with Crippen LogP contribution in [0.25, 0.3) is 0 Å². The zero-order valence-electron chi connectivity index (χ0n) is 13.8. The highest BCUT2D eigenvalue weighted by molar-refractivity contribution is 8.14. The van der Waals surface area contributed by atoms with Gasteiger partial charge in [-0.25, -0.2) is 0 Å². The van der Waals surface area contributed by atoms with Crippen molar-refractivity contribution >= 4 is 16.9 Å². The number of pyridine rings is 1. The van der Waals surface area contributed by atoms with Crippen molar-refractivity contribution in [1.29, 1.82) is 0 Å². The average molecular weight is 326 g/mol.